The predicted octanol–water partition coefficient (Wildman–Crippen LogP) is 2.19. The molecule has 3 rings (SSSR count). The molecule has 19 heavy (non-hydrogen) atoms. The topological polar surface area (TPSA) is 55.0 Å². The maximum absolute atomic E-state index is 5.69. The van der Waals surface area contributed by atoms with E-state index in [1.165, 1.54) is 18.2 Å². The Kier molecular flexibility index (Phi) is 3.60. The Morgan fingerprint density at radius 3 is 3.11 bits per heavy atom. The second kappa shape index (κ2) is 5.53. The number of hydrogen-bond acceptors (Lipinski definition) is 4. The third-order valence-electron chi connectivity index (χ3n) is 3.94. The zero-order chi connectivity index (χ0) is 13.1. The van der Waals surface area contributed by atoms with E-state index in [2.05, 4.69) is 33.3 Å². The van der Waals surface area contributed by atoms with Crippen LogP contribution in [-0.2, 0) is 0 Å². The minimum absolute atomic E-state index is 0.694. The van der Waals surface area contributed by atoms with Crippen LogP contribution in [0.3, 0.4) is 0 Å². The number of benzene rings is 1. The Balaban J connectivity index is 1.91. The van der Waals surface area contributed by atoms with Crippen LogP contribution >= 0.6 is 0 Å². The number of piperidine rings is 1. The monoisotopic (exact) mass is 256 g/mol. The zero-order valence-corrected chi connectivity index (χ0v) is 11.1. The predicted molar refractivity (Wildman–Crippen MR) is 78.1 cm³/mol. The summed E-state index contributed by atoms with van der Waals surface area (Å²) in [5, 5.41) is 10.9. The first-order valence-corrected chi connectivity index (χ1v) is 7.04. The van der Waals surface area contributed by atoms with Gasteiger partial charge in [-0.3, -0.25) is 0 Å². The van der Waals surface area contributed by atoms with E-state index in [9.17, 15) is 0 Å². The highest BCUT2D eigenvalue weighted by Crippen LogP contribution is 2.28. The second-order valence-corrected chi connectivity index (χ2v) is 5.29. The van der Waals surface area contributed by atoms with Gasteiger partial charge in [-0.15, -0.1) is 5.10 Å². The molecule has 4 heteroatoms. The number of fused-ring (bicyclic) bond motifs is 1. The molecule has 1 atom stereocenters. The minimum atomic E-state index is 0.694. The number of nitrogens with two attached hydrogens (primary N) is 1. The maximum atomic E-state index is 5.69. The SMILES string of the molecule is NCCC1CCCN(c2nncc3ccccc23)C1. The summed E-state index contributed by atoms with van der Waals surface area (Å²) in [5.74, 6) is 1.72. The van der Waals surface area contributed by atoms with Gasteiger partial charge in [-0.25, -0.2) is 0 Å². The highest BCUT2D eigenvalue weighted by molar-refractivity contribution is 5.91. The highest BCUT2D eigenvalue weighted by Gasteiger charge is 2.21. The van der Waals surface area contributed by atoms with Crippen LogP contribution in [0.1, 0.15) is 19.3 Å². The van der Waals surface area contributed by atoms with E-state index in [0.717, 1.165) is 37.3 Å². The molecule has 0 radical (unpaired) electrons. The lowest BCUT2D eigenvalue weighted by Gasteiger charge is -2.33. The summed E-state index contributed by atoms with van der Waals surface area (Å²) < 4.78 is 0. The van der Waals surface area contributed by atoms with Gasteiger partial charge in [0.05, 0.1) is 6.20 Å². The largest absolute Gasteiger partial charge is 0.354 e. The first kappa shape index (κ1) is 12.4. The maximum Gasteiger partial charge on any atom is 0.159 e. The normalized spacial score (nSPS) is 19.8. The summed E-state index contributed by atoms with van der Waals surface area (Å²) in [4.78, 5) is 2.37. The minimum Gasteiger partial charge on any atom is -0.354 e. The average molecular weight is 256 g/mol. The van der Waals surface area contributed by atoms with Crippen molar-refractivity contribution in [3.05, 3.63) is 30.5 Å². The van der Waals surface area contributed by atoms with Gasteiger partial charge in [0.25, 0.3) is 0 Å². The van der Waals surface area contributed by atoms with E-state index in [1.54, 1.807) is 0 Å². The molecule has 1 aromatic heterocycles. The fourth-order valence-electron chi connectivity index (χ4n) is 2.98. The lowest BCUT2D eigenvalue weighted by Crippen LogP contribution is -2.37. The lowest BCUT2D eigenvalue weighted by atomic mass is 9.94. The second-order valence-electron chi connectivity index (χ2n) is 5.29. The molecule has 1 fully saturated rings. The van der Waals surface area contributed by atoms with Gasteiger partial charge in [-0.2, -0.15) is 5.10 Å². The van der Waals surface area contributed by atoms with Gasteiger partial charge < -0.3 is 10.6 Å². The van der Waals surface area contributed by atoms with Crippen LogP contribution in [-0.4, -0.2) is 29.8 Å². The molecule has 2 N–H and O–H groups in total. The van der Waals surface area contributed by atoms with Crippen molar-refractivity contribution in [2.24, 2.45) is 11.7 Å². The Hall–Kier alpha value is -1.68. The summed E-state index contributed by atoms with van der Waals surface area (Å²) in [6, 6.07) is 8.33. The standard InChI is InChI=1S/C15H20N4/c16-8-7-12-4-3-9-19(11-12)15-14-6-2-1-5-13(14)10-17-18-15/h1-2,5-6,10,12H,3-4,7-9,11,16H2. The Morgan fingerprint density at radius 1 is 1.32 bits per heavy atom. The van der Waals surface area contributed by atoms with Crippen molar-refractivity contribution in [2.75, 3.05) is 24.5 Å². The molecule has 0 amide bonds. The van der Waals surface area contributed by atoms with Crippen molar-refractivity contribution in [3.63, 3.8) is 0 Å². The first-order valence-electron chi connectivity index (χ1n) is 7.04. The highest BCUT2D eigenvalue weighted by atomic mass is 15.3. The molecule has 1 aromatic carbocycles. The van der Waals surface area contributed by atoms with Crippen molar-refractivity contribution < 1.29 is 0 Å². The van der Waals surface area contributed by atoms with E-state index in [-0.39, 0.29) is 0 Å². The Bertz CT molecular complexity index is 547. The molecule has 0 aliphatic carbocycles. The molecule has 2 aromatic rings. The van der Waals surface area contributed by atoms with Gasteiger partial charge >= 0.3 is 0 Å². The average Bonchev–Trinajstić information content (AvgIpc) is 2.47. The van der Waals surface area contributed by atoms with Crippen molar-refractivity contribution in [1.29, 1.82) is 0 Å². The van der Waals surface area contributed by atoms with Gasteiger partial charge in [-0.05, 0) is 31.7 Å². The van der Waals surface area contributed by atoms with Crippen molar-refractivity contribution >= 4 is 16.6 Å². The van der Waals surface area contributed by atoms with E-state index in [1.807, 2.05) is 12.3 Å². The lowest BCUT2D eigenvalue weighted by molar-refractivity contribution is 0.394. The smallest absolute Gasteiger partial charge is 0.159 e. The quantitative estimate of drug-likeness (QED) is 0.914. The first-order chi connectivity index (χ1) is 9.38. The molecule has 1 saturated heterocycles. The van der Waals surface area contributed by atoms with Crippen LogP contribution in [0, 0.1) is 5.92 Å². The molecule has 1 aliphatic heterocycles. The Morgan fingerprint density at radius 2 is 2.21 bits per heavy atom. The van der Waals surface area contributed by atoms with Crippen LogP contribution in [0.4, 0.5) is 5.82 Å². The number of rotatable bonds is 3. The summed E-state index contributed by atoms with van der Waals surface area (Å²) in [6.07, 6.45) is 5.44. The third kappa shape index (κ3) is 2.54. The van der Waals surface area contributed by atoms with Gasteiger partial charge in [0.2, 0.25) is 0 Å². The molecular weight excluding hydrogens is 236 g/mol. The third-order valence-corrected chi connectivity index (χ3v) is 3.94. The van der Waals surface area contributed by atoms with Crippen LogP contribution in [0.5, 0.6) is 0 Å². The molecular formula is C15H20N4. The van der Waals surface area contributed by atoms with Crippen LogP contribution < -0.4 is 10.6 Å². The molecule has 100 valence electrons. The molecule has 0 bridgehead atoms. The van der Waals surface area contributed by atoms with Crippen LogP contribution in [0.25, 0.3) is 10.8 Å². The molecule has 2 heterocycles. The molecule has 0 saturated carbocycles. The molecule has 4 nitrogen and oxygen atoms in total. The van der Waals surface area contributed by atoms with E-state index < -0.39 is 0 Å². The van der Waals surface area contributed by atoms with Gasteiger partial charge in [0.1, 0.15) is 0 Å². The van der Waals surface area contributed by atoms with Crippen molar-refractivity contribution in [3.8, 4) is 0 Å². The van der Waals surface area contributed by atoms with E-state index in [0.29, 0.717) is 5.92 Å². The van der Waals surface area contributed by atoms with Crippen LogP contribution in [0.2, 0.25) is 0 Å². The molecule has 1 unspecified atom stereocenters. The van der Waals surface area contributed by atoms with E-state index >= 15 is 0 Å². The van der Waals surface area contributed by atoms with Gasteiger partial charge in [-0.1, -0.05) is 24.3 Å². The van der Waals surface area contributed by atoms with E-state index in [4.69, 9.17) is 5.73 Å². The van der Waals surface area contributed by atoms with Gasteiger partial charge in [0, 0.05) is 23.9 Å². The molecule has 1 aliphatic rings. The number of aromatic nitrogens is 2. The van der Waals surface area contributed by atoms with Crippen molar-refractivity contribution in [2.45, 2.75) is 19.3 Å². The summed E-state index contributed by atoms with van der Waals surface area (Å²) in [5.41, 5.74) is 5.69. The van der Waals surface area contributed by atoms with Gasteiger partial charge in [0.15, 0.2) is 5.82 Å². The fraction of sp³-hybridized carbons (Fsp3) is 0.467. The zero-order valence-electron chi connectivity index (χ0n) is 11.1. The number of anilines is 1. The summed E-state index contributed by atoms with van der Waals surface area (Å²) in [6.45, 7) is 2.91. The summed E-state index contributed by atoms with van der Waals surface area (Å²) >= 11 is 0. The van der Waals surface area contributed by atoms with Crippen molar-refractivity contribution in [1.82, 2.24) is 10.2 Å². The fourth-order valence-corrected chi connectivity index (χ4v) is 2.98. The number of nitrogens with zero attached hydrogens (tertiary/aromatic N) is 3. The van der Waals surface area contributed by atoms with Crippen LogP contribution in [0.15, 0.2) is 30.5 Å². The number of hydrogen-bond donors (Lipinski definition) is 1. The summed E-state index contributed by atoms with van der Waals surface area (Å²) in [7, 11) is 0. The Labute approximate surface area is 113 Å². The molecule has 0 spiro atoms.